The van der Waals surface area contributed by atoms with Crippen LogP contribution in [0.5, 0.6) is 0 Å². The molecular weight excluding hydrogens is 338 g/mol. The third kappa shape index (κ3) is 7.62. The fourth-order valence-corrected chi connectivity index (χ4v) is 3.02. The van der Waals surface area contributed by atoms with Gasteiger partial charge in [-0.3, -0.25) is 9.59 Å². The Morgan fingerprint density at radius 2 is 1.37 bits per heavy atom. The molecule has 0 saturated carbocycles. The van der Waals surface area contributed by atoms with Crippen molar-refractivity contribution < 1.29 is 14.5 Å². The standard InChI is InChI=1S/C22H29N3O2/c1-17(2)23-21(26)15-25(3)16-22(27)24-20(19-12-8-5-9-13-19)14-18-10-6-4-7-11-18/h4-13,17,20H,14-16H2,1-3H3,(H,23,26)(H,24,27)/p+1/t20-/m1/s1. The lowest BCUT2D eigenvalue weighted by molar-refractivity contribution is -0.862. The summed E-state index contributed by atoms with van der Waals surface area (Å²) in [6, 6.07) is 20.1. The number of likely N-dealkylation sites (N-methyl/N-ethyl adjacent to an activating group) is 1. The van der Waals surface area contributed by atoms with Gasteiger partial charge in [-0.25, -0.2) is 0 Å². The monoisotopic (exact) mass is 368 g/mol. The van der Waals surface area contributed by atoms with E-state index in [0.717, 1.165) is 16.9 Å². The quantitative estimate of drug-likeness (QED) is 0.621. The Hall–Kier alpha value is -2.66. The number of amides is 2. The van der Waals surface area contributed by atoms with Crippen LogP contribution in [0, 0.1) is 0 Å². The molecule has 0 radical (unpaired) electrons. The van der Waals surface area contributed by atoms with Gasteiger partial charge in [-0.2, -0.15) is 0 Å². The molecule has 5 heteroatoms. The molecule has 0 aliphatic carbocycles. The van der Waals surface area contributed by atoms with Gasteiger partial charge in [0.15, 0.2) is 13.1 Å². The molecule has 0 spiro atoms. The third-order valence-corrected chi connectivity index (χ3v) is 4.19. The van der Waals surface area contributed by atoms with Crippen LogP contribution in [0.2, 0.25) is 0 Å². The van der Waals surface area contributed by atoms with Crippen LogP contribution in [0.3, 0.4) is 0 Å². The van der Waals surface area contributed by atoms with Gasteiger partial charge in [0.2, 0.25) is 0 Å². The Bertz CT molecular complexity index is 717. The number of carbonyl (C=O) groups is 2. The predicted octanol–water partition coefficient (Wildman–Crippen LogP) is 1.13. The molecule has 0 aliphatic rings. The van der Waals surface area contributed by atoms with Crippen LogP contribution in [0.15, 0.2) is 60.7 Å². The van der Waals surface area contributed by atoms with Gasteiger partial charge in [-0.05, 0) is 31.4 Å². The highest BCUT2D eigenvalue weighted by atomic mass is 16.2. The number of nitrogens with one attached hydrogen (secondary N) is 3. The highest BCUT2D eigenvalue weighted by molar-refractivity contribution is 5.79. The number of quaternary nitrogens is 1. The molecule has 0 bridgehead atoms. The first-order valence-corrected chi connectivity index (χ1v) is 9.43. The summed E-state index contributed by atoms with van der Waals surface area (Å²) in [5, 5.41) is 5.99. The van der Waals surface area contributed by atoms with Crippen LogP contribution < -0.4 is 15.5 Å². The Kier molecular flexibility index (Phi) is 8.01. The second-order valence-electron chi connectivity index (χ2n) is 7.25. The molecule has 2 aromatic carbocycles. The molecule has 27 heavy (non-hydrogen) atoms. The van der Waals surface area contributed by atoms with Crippen LogP contribution in [-0.4, -0.2) is 38.0 Å². The van der Waals surface area contributed by atoms with Crippen molar-refractivity contribution in [3.8, 4) is 0 Å². The van der Waals surface area contributed by atoms with Crippen molar-refractivity contribution in [3.63, 3.8) is 0 Å². The Morgan fingerprint density at radius 1 is 0.852 bits per heavy atom. The van der Waals surface area contributed by atoms with Gasteiger partial charge in [-0.1, -0.05) is 60.7 Å². The van der Waals surface area contributed by atoms with Gasteiger partial charge >= 0.3 is 0 Å². The van der Waals surface area contributed by atoms with Crippen LogP contribution >= 0.6 is 0 Å². The second kappa shape index (κ2) is 10.5. The van der Waals surface area contributed by atoms with Gasteiger partial charge in [-0.15, -0.1) is 0 Å². The molecule has 144 valence electrons. The lowest BCUT2D eigenvalue weighted by atomic mass is 9.99. The lowest BCUT2D eigenvalue weighted by Gasteiger charge is -2.21. The molecule has 3 N–H and O–H groups in total. The van der Waals surface area contributed by atoms with Gasteiger partial charge in [0.25, 0.3) is 11.8 Å². The van der Waals surface area contributed by atoms with E-state index >= 15 is 0 Å². The summed E-state index contributed by atoms with van der Waals surface area (Å²) in [6.07, 6.45) is 0.726. The van der Waals surface area contributed by atoms with Crippen molar-refractivity contribution in [2.45, 2.75) is 32.4 Å². The maximum Gasteiger partial charge on any atom is 0.275 e. The molecule has 2 amide bonds. The van der Waals surface area contributed by atoms with Crippen LogP contribution in [-0.2, 0) is 16.0 Å². The van der Waals surface area contributed by atoms with Crippen LogP contribution in [0.4, 0.5) is 0 Å². The Balaban J connectivity index is 1.98. The minimum absolute atomic E-state index is 0.0424. The van der Waals surface area contributed by atoms with E-state index in [1.54, 1.807) is 0 Å². The number of rotatable bonds is 9. The van der Waals surface area contributed by atoms with Crippen molar-refractivity contribution in [3.05, 3.63) is 71.8 Å². The molecule has 2 atom stereocenters. The van der Waals surface area contributed by atoms with E-state index < -0.39 is 0 Å². The van der Waals surface area contributed by atoms with E-state index in [4.69, 9.17) is 0 Å². The SMILES string of the molecule is CC(C)NC(=O)C[NH+](C)CC(=O)N[C@H](Cc1ccccc1)c1ccccc1. The lowest BCUT2D eigenvalue weighted by Crippen LogP contribution is -3.11. The third-order valence-electron chi connectivity index (χ3n) is 4.19. The predicted molar refractivity (Wildman–Crippen MR) is 107 cm³/mol. The van der Waals surface area contributed by atoms with Gasteiger partial charge in [0, 0.05) is 6.04 Å². The Labute approximate surface area is 161 Å². The molecular formula is C22H30N3O2+. The molecule has 0 fully saturated rings. The highest BCUT2D eigenvalue weighted by Crippen LogP contribution is 2.18. The smallest absolute Gasteiger partial charge is 0.275 e. The minimum atomic E-state index is -0.0987. The number of carbonyl (C=O) groups excluding carboxylic acids is 2. The zero-order valence-corrected chi connectivity index (χ0v) is 16.4. The maximum absolute atomic E-state index is 12.6. The van der Waals surface area contributed by atoms with Gasteiger partial charge in [0.1, 0.15) is 0 Å². The summed E-state index contributed by atoms with van der Waals surface area (Å²) in [6.45, 7) is 4.38. The first kappa shape index (κ1) is 20.6. The average molecular weight is 369 g/mol. The molecule has 0 saturated heterocycles. The summed E-state index contributed by atoms with van der Waals surface area (Å²) >= 11 is 0. The second-order valence-corrected chi connectivity index (χ2v) is 7.25. The topological polar surface area (TPSA) is 62.6 Å². The fourth-order valence-electron chi connectivity index (χ4n) is 3.02. The van der Waals surface area contributed by atoms with Crippen molar-refractivity contribution in [1.29, 1.82) is 0 Å². The Morgan fingerprint density at radius 3 is 1.93 bits per heavy atom. The van der Waals surface area contributed by atoms with Crippen molar-refractivity contribution in [2.24, 2.45) is 0 Å². The summed E-state index contributed by atoms with van der Waals surface area (Å²) in [5.74, 6) is -0.103. The first-order valence-electron chi connectivity index (χ1n) is 9.43. The highest BCUT2D eigenvalue weighted by Gasteiger charge is 2.19. The van der Waals surface area contributed by atoms with E-state index in [1.807, 2.05) is 69.4 Å². The average Bonchev–Trinajstić information content (AvgIpc) is 2.61. The normalized spacial score (nSPS) is 13.0. The summed E-state index contributed by atoms with van der Waals surface area (Å²) in [5.41, 5.74) is 2.24. The van der Waals surface area contributed by atoms with Crippen molar-refractivity contribution in [1.82, 2.24) is 10.6 Å². The fraction of sp³-hybridized carbons (Fsp3) is 0.364. The summed E-state index contributed by atoms with van der Waals surface area (Å²) in [7, 11) is 1.86. The largest absolute Gasteiger partial charge is 0.349 e. The molecule has 0 aliphatic heterocycles. The van der Waals surface area contributed by atoms with Crippen molar-refractivity contribution >= 4 is 11.8 Å². The molecule has 2 rings (SSSR count). The van der Waals surface area contributed by atoms with Gasteiger partial charge in [0.05, 0.1) is 13.1 Å². The van der Waals surface area contributed by atoms with Gasteiger partial charge < -0.3 is 15.5 Å². The van der Waals surface area contributed by atoms with E-state index in [2.05, 4.69) is 22.8 Å². The van der Waals surface area contributed by atoms with Crippen LogP contribution in [0.1, 0.15) is 31.0 Å². The van der Waals surface area contributed by atoms with Crippen LogP contribution in [0.25, 0.3) is 0 Å². The van der Waals surface area contributed by atoms with E-state index in [-0.39, 0.29) is 37.0 Å². The molecule has 2 aromatic rings. The first-order chi connectivity index (χ1) is 12.9. The minimum Gasteiger partial charge on any atom is -0.349 e. The number of hydrogen-bond acceptors (Lipinski definition) is 2. The zero-order valence-electron chi connectivity index (χ0n) is 16.4. The molecule has 1 unspecified atom stereocenters. The zero-order chi connectivity index (χ0) is 19.6. The number of hydrogen-bond donors (Lipinski definition) is 3. The van der Waals surface area contributed by atoms with E-state index in [1.165, 1.54) is 5.56 Å². The summed E-state index contributed by atoms with van der Waals surface area (Å²) < 4.78 is 0. The van der Waals surface area contributed by atoms with E-state index in [0.29, 0.717) is 0 Å². The van der Waals surface area contributed by atoms with E-state index in [9.17, 15) is 9.59 Å². The maximum atomic E-state index is 12.6. The molecule has 5 nitrogen and oxygen atoms in total. The molecule has 0 aromatic heterocycles. The summed E-state index contributed by atoms with van der Waals surface area (Å²) in [4.78, 5) is 25.3. The van der Waals surface area contributed by atoms with Crippen molar-refractivity contribution in [2.75, 3.05) is 20.1 Å². The molecule has 0 heterocycles. The number of benzene rings is 2.